The second-order valence-corrected chi connectivity index (χ2v) is 7.28. The summed E-state index contributed by atoms with van der Waals surface area (Å²) >= 11 is 1.74. The molecular weight excluding hydrogens is 292 g/mol. The fourth-order valence-corrected chi connectivity index (χ4v) is 3.55. The maximum absolute atomic E-state index is 12.3. The molecule has 22 heavy (non-hydrogen) atoms. The number of hydrogen-bond acceptors (Lipinski definition) is 3. The number of piperidine rings is 1. The molecule has 1 heterocycles. The van der Waals surface area contributed by atoms with Crippen LogP contribution in [0.1, 0.15) is 31.7 Å². The van der Waals surface area contributed by atoms with Crippen LogP contribution in [0.5, 0.6) is 0 Å². The van der Waals surface area contributed by atoms with Gasteiger partial charge in [0.2, 0.25) is 5.91 Å². The van der Waals surface area contributed by atoms with Crippen molar-refractivity contribution in [3.63, 3.8) is 0 Å². The quantitative estimate of drug-likeness (QED) is 0.750. The highest BCUT2D eigenvalue weighted by atomic mass is 32.2. The molecule has 0 saturated carbocycles. The average molecular weight is 321 g/mol. The van der Waals surface area contributed by atoms with Crippen LogP contribution in [-0.4, -0.2) is 48.6 Å². The highest BCUT2D eigenvalue weighted by Gasteiger charge is 2.18. The number of thioether (sulfide) groups is 1. The number of carbonyl (C=O) groups excluding carboxylic acids is 1. The molecule has 1 aliphatic rings. The molecule has 0 radical (unpaired) electrons. The van der Waals surface area contributed by atoms with Crippen LogP contribution >= 0.6 is 11.8 Å². The van der Waals surface area contributed by atoms with Gasteiger partial charge in [-0.15, -0.1) is 11.8 Å². The van der Waals surface area contributed by atoms with Crippen molar-refractivity contribution in [1.29, 1.82) is 0 Å². The van der Waals surface area contributed by atoms with Gasteiger partial charge < -0.3 is 9.80 Å². The second kappa shape index (κ2) is 8.59. The molecule has 0 spiro atoms. The Labute approximate surface area is 139 Å². The molecule has 4 heteroatoms. The number of hydrogen-bond donors (Lipinski definition) is 0. The van der Waals surface area contributed by atoms with Crippen molar-refractivity contribution in [3.05, 3.63) is 29.8 Å². The molecular formula is C18H28N2OS. The van der Waals surface area contributed by atoms with Crippen molar-refractivity contribution < 1.29 is 4.79 Å². The van der Waals surface area contributed by atoms with Gasteiger partial charge in [0.25, 0.3) is 0 Å². The molecule has 1 aromatic carbocycles. The van der Waals surface area contributed by atoms with Crippen LogP contribution in [0.15, 0.2) is 29.2 Å². The van der Waals surface area contributed by atoms with Gasteiger partial charge in [0, 0.05) is 38.0 Å². The number of carbonyl (C=O) groups is 1. The lowest BCUT2D eigenvalue weighted by atomic mass is 10.0. The molecule has 3 nitrogen and oxygen atoms in total. The average Bonchev–Trinajstić information content (AvgIpc) is 2.52. The van der Waals surface area contributed by atoms with Gasteiger partial charge in [-0.05, 0) is 49.3 Å². The molecule has 0 aliphatic carbocycles. The van der Waals surface area contributed by atoms with Gasteiger partial charge in [-0.1, -0.05) is 19.1 Å². The molecule has 1 atom stereocenters. The lowest BCUT2D eigenvalue weighted by Crippen LogP contribution is -2.37. The molecule has 122 valence electrons. The highest BCUT2D eigenvalue weighted by molar-refractivity contribution is 7.98. The van der Waals surface area contributed by atoms with Gasteiger partial charge in [0.05, 0.1) is 0 Å². The first-order valence-electron chi connectivity index (χ1n) is 8.17. The number of nitrogens with zero attached hydrogens (tertiary/aromatic N) is 2. The Morgan fingerprint density at radius 2 is 2.27 bits per heavy atom. The van der Waals surface area contributed by atoms with Gasteiger partial charge >= 0.3 is 0 Å². The SMILES string of the molecule is CSc1cccc(CN(C)C(=O)CCN2CCC[C@H](C)C2)c1. The summed E-state index contributed by atoms with van der Waals surface area (Å²) in [6, 6.07) is 8.43. The zero-order valence-corrected chi connectivity index (χ0v) is 14.9. The molecule has 1 fully saturated rings. The van der Waals surface area contributed by atoms with Crippen LogP contribution in [0, 0.1) is 5.92 Å². The maximum atomic E-state index is 12.3. The Kier molecular flexibility index (Phi) is 6.77. The molecule has 1 aliphatic heterocycles. The Morgan fingerprint density at radius 3 is 3.00 bits per heavy atom. The normalized spacial score (nSPS) is 19.1. The molecule has 1 amide bonds. The monoisotopic (exact) mass is 320 g/mol. The van der Waals surface area contributed by atoms with E-state index in [9.17, 15) is 4.79 Å². The summed E-state index contributed by atoms with van der Waals surface area (Å²) in [4.78, 5) is 17.9. The first-order valence-corrected chi connectivity index (χ1v) is 9.40. The van der Waals surface area contributed by atoms with Gasteiger partial charge in [-0.2, -0.15) is 0 Å². The first-order chi connectivity index (χ1) is 10.6. The third-order valence-electron chi connectivity index (χ3n) is 4.36. The minimum Gasteiger partial charge on any atom is -0.341 e. The molecule has 0 aromatic heterocycles. The van der Waals surface area contributed by atoms with Crippen LogP contribution in [0.4, 0.5) is 0 Å². The van der Waals surface area contributed by atoms with Crippen molar-refractivity contribution in [2.24, 2.45) is 5.92 Å². The van der Waals surface area contributed by atoms with Gasteiger partial charge in [-0.3, -0.25) is 4.79 Å². The lowest BCUT2D eigenvalue weighted by molar-refractivity contribution is -0.130. The van der Waals surface area contributed by atoms with E-state index in [4.69, 9.17) is 0 Å². The second-order valence-electron chi connectivity index (χ2n) is 6.40. The molecule has 2 rings (SSSR count). The molecule has 1 aromatic rings. The van der Waals surface area contributed by atoms with E-state index < -0.39 is 0 Å². The van der Waals surface area contributed by atoms with Crippen molar-refractivity contribution in [2.45, 2.75) is 37.6 Å². The molecule has 0 N–H and O–H groups in total. The lowest BCUT2D eigenvalue weighted by Gasteiger charge is -2.31. The Bertz CT molecular complexity index is 492. The summed E-state index contributed by atoms with van der Waals surface area (Å²) in [7, 11) is 1.91. The van der Waals surface area contributed by atoms with E-state index >= 15 is 0 Å². The predicted octanol–water partition coefficient (Wildman–Crippen LogP) is 3.49. The smallest absolute Gasteiger partial charge is 0.223 e. The first kappa shape index (κ1) is 17.4. The van der Waals surface area contributed by atoms with Gasteiger partial charge in [-0.25, -0.2) is 0 Å². The van der Waals surface area contributed by atoms with Crippen LogP contribution < -0.4 is 0 Å². The Balaban J connectivity index is 1.78. The summed E-state index contributed by atoms with van der Waals surface area (Å²) in [5.41, 5.74) is 1.20. The number of amides is 1. The summed E-state index contributed by atoms with van der Waals surface area (Å²) < 4.78 is 0. The molecule has 1 saturated heterocycles. The third kappa shape index (κ3) is 5.33. The Morgan fingerprint density at radius 1 is 1.45 bits per heavy atom. The highest BCUT2D eigenvalue weighted by Crippen LogP contribution is 2.18. The van der Waals surface area contributed by atoms with Crippen LogP contribution in [0.3, 0.4) is 0 Å². The summed E-state index contributed by atoms with van der Waals surface area (Å²) in [5, 5.41) is 0. The van der Waals surface area contributed by atoms with Crippen molar-refractivity contribution in [3.8, 4) is 0 Å². The maximum Gasteiger partial charge on any atom is 0.223 e. The van der Waals surface area contributed by atoms with E-state index in [1.807, 2.05) is 11.9 Å². The summed E-state index contributed by atoms with van der Waals surface area (Å²) in [5.74, 6) is 1.02. The van der Waals surface area contributed by atoms with Crippen molar-refractivity contribution >= 4 is 17.7 Å². The van der Waals surface area contributed by atoms with E-state index in [0.29, 0.717) is 13.0 Å². The summed E-state index contributed by atoms with van der Waals surface area (Å²) in [6.45, 7) is 6.20. The molecule has 0 bridgehead atoms. The van der Waals surface area contributed by atoms with E-state index in [-0.39, 0.29) is 5.91 Å². The van der Waals surface area contributed by atoms with Gasteiger partial charge in [0.1, 0.15) is 0 Å². The van der Waals surface area contributed by atoms with Crippen LogP contribution in [0.25, 0.3) is 0 Å². The van der Waals surface area contributed by atoms with Crippen molar-refractivity contribution in [2.75, 3.05) is 32.9 Å². The fourth-order valence-electron chi connectivity index (χ4n) is 3.07. The Hall–Kier alpha value is -1.00. The molecule has 0 unspecified atom stereocenters. The fraction of sp³-hybridized carbons (Fsp3) is 0.611. The third-order valence-corrected chi connectivity index (χ3v) is 5.09. The van der Waals surface area contributed by atoms with Gasteiger partial charge in [0.15, 0.2) is 0 Å². The van der Waals surface area contributed by atoms with E-state index in [0.717, 1.165) is 25.6 Å². The zero-order valence-electron chi connectivity index (χ0n) is 14.0. The minimum absolute atomic E-state index is 0.243. The number of likely N-dealkylation sites (tertiary alicyclic amines) is 1. The van der Waals surface area contributed by atoms with E-state index in [1.165, 1.54) is 23.3 Å². The topological polar surface area (TPSA) is 23.6 Å². The van der Waals surface area contributed by atoms with Crippen LogP contribution in [0.2, 0.25) is 0 Å². The summed E-state index contributed by atoms with van der Waals surface area (Å²) in [6.07, 6.45) is 5.31. The largest absolute Gasteiger partial charge is 0.341 e. The standard InChI is InChI=1S/C18H28N2OS/c1-15-6-5-10-20(13-15)11-9-18(21)19(2)14-16-7-4-8-17(12-16)22-3/h4,7-8,12,15H,5-6,9-11,13-14H2,1-3H3/t15-/m0/s1. The predicted molar refractivity (Wildman–Crippen MR) is 94.2 cm³/mol. The zero-order chi connectivity index (χ0) is 15.9. The number of benzene rings is 1. The van der Waals surface area contributed by atoms with Crippen LogP contribution in [-0.2, 0) is 11.3 Å². The number of rotatable bonds is 6. The minimum atomic E-state index is 0.243. The van der Waals surface area contributed by atoms with Crippen molar-refractivity contribution in [1.82, 2.24) is 9.80 Å². The van der Waals surface area contributed by atoms with E-state index in [1.54, 1.807) is 11.8 Å². The van der Waals surface area contributed by atoms with E-state index in [2.05, 4.69) is 42.3 Å².